The number of halogens is 2. The summed E-state index contributed by atoms with van der Waals surface area (Å²) in [6, 6.07) is 16.2. The number of piperidine rings is 1. The van der Waals surface area contributed by atoms with Gasteiger partial charge in [0.05, 0.1) is 17.6 Å². The monoisotopic (exact) mass is 362 g/mol. The van der Waals surface area contributed by atoms with Crippen LogP contribution in [0, 0.1) is 11.7 Å². The van der Waals surface area contributed by atoms with Gasteiger partial charge in [0.2, 0.25) is 0 Å². The lowest BCUT2D eigenvalue weighted by atomic mass is 9.90. The molecule has 0 amide bonds. The average Bonchev–Trinajstić information content (AvgIpc) is 2.54. The fraction of sp³-hybridized carbons (Fsp3) is 0.368. The third-order valence-corrected chi connectivity index (χ3v) is 5.23. The molecule has 1 aliphatic heterocycles. The SMILES string of the molecule is Fc1ccc(C[NH+]2CCC(Cc3ccccc3)CC2)cc1Br. The summed E-state index contributed by atoms with van der Waals surface area (Å²) in [5.41, 5.74) is 2.67. The molecule has 0 aliphatic carbocycles. The van der Waals surface area contributed by atoms with Gasteiger partial charge in [-0.25, -0.2) is 4.39 Å². The van der Waals surface area contributed by atoms with Crippen LogP contribution in [-0.2, 0) is 13.0 Å². The van der Waals surface area contributed by atoms with Crippen LogP contribution in [0.2, 0.25) is 0 Å². The van der Waals surface area contributed by atoms with Gasteiger partial charge < -0.3 is 4.90 Å². The van der Waals surface area contributed by atoms with E-state index in [0.717, 1.165) is 12.5 Å². The lowest BCUT2D eigenvalue weighted by Gasteiger charge is -2.29. The highest BCUT2D eigenvalue weighted by atomic mass is 79.9. The van der Waals surface area contributed by atoms with Gasteiger partial charge in [0.15, 0.2) is 0 Å². The Balaban J connectivity index is 1.50. The van der Waals surface area contributed by atoms with E-state index < -0.39 is 0 Å². The van der Waals surface area contributed by atoms with Crippen molar-refractivity contribution in [2.75, 3.05) is 13.1 Å². The van der Waals surface area contributed by atoms with E-state index in [2.05, 4.69) is 46.3 Å². The lowest BCUT2D eigenvalue weighted by Crippen LogP contribution is -3.11. The molecule has 1 fully saturated rings. The molecule has 0 atom stereocenters. The Hall–Kier alpha value is -1.19. The highest BCUT2D eigenvalue weighted by Gasteiger charge is 2.22. The predicted molar refractivity (Wildman–Crippen MR) is 91.4 cm³/mol. The quantitative estimate of drug-likeness (QED) is 0.846. The third-order valence-electron chi connectivity index (χ3n) is 4.62. The van der Waals surface area contributed by atoms with Crippen LogP contribution in [-0.4, -0.2) is 13.1 Å². The van der Waals surface area contributed by atoms with E-state index >= 15 is 0 Å². The lowest BCUT2D eigenvalue weighted by molar-refractivity contribution is -0.919. The van der Waals surface area contributed by atoms with Crippen molar-refractivity contribution in [3.63, 3.8) is 0 Å². The highest BCUT2D eigenvalue weighted by molar-refractivity contribution is 9.10. The summed E-state index contributed by atoms with van der Waals surface area (Å²) >= 11 is 3.27. The van der Waals surface area contributed by atoms with Crippen molar-refractivity contribution in [3.8, 4) is 0 Å². The van der Waals surface area contributed by atoms with Crippen molar-refractivity contribution in [2.24, 2.45) is 5.92 Å². The number of likely N-dealkylation sites (tertiary alicyclic amines) is 1. The Morgan fingerprint density at radius 2 is 1.73 bits per heavy atom. The molecule has 0 saturated carbocycles. The second kappa shape index (κ2) is 7.38. The molecule has 2 aromatic rings. The number of hydrogen-bond acceptors (Lipinski definition) is 0. The second-order valence-electron chi connectivity index (χ2n) is 6.31. The Morgan fingerprint density at radius 3 is 2.41 bits per heavy atom. The summed E-state index contributed by atoms with van der Waals surface area (Å²) in [4.78, 5) is 1.61. The molecule has 0 radical (unpaired) electrons. The molecule has 1 aliphatic rings. The standard InChI is InChI=1S/C19H21BrFN/c20-18-13-17(6-7-19(18)21)14-22-10-8-16(9-11-22)12-15-4-2-1-3-5-15/h1-7,13,16H,8-12,14H2/p+1. The molecule has 1 N–H and O–H groups in total. The van der Waals surface area contributed by atoms with Gasteiger partial charge in [-0.15, -0.1) is 0 Å². The molecule has 3 rings (SSSR count). The van der Waals surface area contributed by atoms with Crippen molar-refractivity contribution < 1.29 is 9.29 Å². The molecule has 0 unspecified atom stereocenters. The highest BCUT2D eigenvalue weighted by Crippen LogP contribution is 2.18. The van der Waals surface area contributed by atoms with Crippen LogP contribution in [0.1, 0.15) is 24.0 Å². The van der Waals surface area contributed by atoms with Gasteiger partial charge in [0, 0.05) is 5.56 Å². The van der Waals surface area contributed by atoms with Crippen LogP contribution in [0.3, 0.4) is 0 Å². The van der Waals surface area contributed by atoms with Crippen molar-refractivity contribution in [1.82, 2.24) is 0 Å². The maximum atomic E-state index is 13.3. The molecule has 0 aromatic heterocycles. The van der Waals surface area contributed by atoms with Crippen molar-refractivity contribution in [1.29, 1.82) is 0 Å². The summed E-state index contributed by atoms with van der Waals surface area (Å²) in [7, 11) is 0. The number of benzene rings is 2. The first-order valence-corrected chi connectivity index (χ1v) is 8.81. The Morgan fingerprint density at radius 1 is 1.00 bits per heavy atom. The van der Waals surface area contributed by atoms with E-state index in [0.29, 0.717) is 4.47 Å². The van der Waals surface area contributed by atoms with E-state index in [1.165, 1.54) is 43.5 Å². The van der Waals surface area contributed by atoms with Crippen molar-refractivity contribution in [3.05, 3.63) is 69.9 Å². The average molecular weight is 363 g/mol. The van der Waals surface area contributed by atoms with Crippen LogP contribution in [0.4, 0.5) is 4.39 Å². The van der Waals surface area contributed by atoms with E-state index in [1.807, 2.05) is 12.1 Å². The van der Waals surface area contributed by atoms with Gasteiger partial charge in [-0.2, -0.15) is 0 Å². The minimum absolute atomic E-state index is 0.180. The largest absolute Gasteiger partial charge is 0.331 e. The first-order valence-electron chi connectivity index (χ1n) is 8.02. The topological polar surface area (TPSA) is 4.44 Å². The van der Waals surface area contributed by atoms with E-state index in [-0.39, 0.29) is 5.82 Å². The third kappa shape index (κ3) is 4.17. The normalized spacial score (nSPS) is 21.7. The molecule has 22 heavy (non-hydrogen) atoms. The van der Waals surface area contributed by atoms with Gasteiger partial charge in [0.25, 0.3) is 0 Å². The van der Waals surface area contributed by atoms with Crippen LogP contribution in [0.15, 0.2) is 53.0 Å². The summed E-state index contributed by atoms with van der Waals surface area (Å²) in [6.45, 7) is 3.43. The first kappa shape index (κ1) is 15.7. The Bertz CT molecular complexity index is 606. The second-order valence-corrected chi connectivity index (χ2v) is 7.16. The molecule has 3 heteroatoms. The molecule has 116 valence electrons. The van der Waals surface area contributed by atoms with Gasteiger partial charge in [-0.1, -0.05) is 36.4 Å². The first-order chi connectivity index (χ1) is 10.7. The van der Waals surface area contributed by atoms with E-state index in [9.17, 15) is 4.39 Å². The van der Waals surface area contributed by atoms with E-state index in [1.54, 1.807) is 11.0 Å². The maximum absolute atomic E-state index is 13.3. The summed E-state index contributed by atoms with van der Waals surface area (Å²) < 4.78 is 13.9. The molecule has 1 saturated heterocycles. The summed E-state index contributed by atoms with van der Waals surface area (Å²) in [5, 5.41) is 0. The Kier molecular flexibility index (Phi) is 5.27. The summed E-state index contributed by atoms with van der Waals surface area (Å²) in [6.07, 6.45) is 3.77. The van der Waals surface area contributed by atoms with Crippen LogP contribution in [0.25, 0.3) is 0 Å². The number of nitrogens with one attached hydrogen (secondary N) is 1. The van der Waals surface area contributed by atoms with E-state index in [4.69, 9.17) is 0 Å². The minimum Gasteiger partial charge on any atom is -0.331 e. The molecule has 0 bridgehead atoms. The maximum Gasteiger partial charge on any atom is 0.137 e. The van der Waals surface area contributed by atoms with Gasteiger partial charge in [-0.3, -0.25) is 0 Å². The molecule has 1 heterocycles. The molecule has 2 aromatic carbocycles. The van der Waals surface area contributed by atoms with Crippen LogP contribution >= 0.6 is 15.9 Å². The van der Waals surface area contributed by atoms with Gasteiger partial charge in [-0.05, 0) is 58.8 Å². The predicted octanol–water partition coefficient (Wildman–Crippen LogP) is 3.63. The zero-order valence-electron chi connectivity index (χ0n) is 12.7. The smallest absolute Gasteiger partial charge is 0.137 e. The van der Waals surface area contributed by atoms with Crippen LogP contribution in [0.5, 0.6) is 0 Å². The number of quaternary nitrogens is 1. The zero-order chi connectivity index (χ0) is 15.4. The fourth-order valence-corrected chi connectivity index (χ4v) is 3.78. The van der Waals surface area contributed by atoms with Gasteiger partial charge >= 0.3 is 0 Å². The summed E-state index contributed by atoms with van der Waals surface area (Å²) in [5.74, 6) is 0.631. The fourth-order valence-electron chi connectivity index (χ4n) is 3.35. The van der Waals surface area contributed by atoms with Crippen molar-refractivity contribution in [2.45, 2.75) is 25.8 Å². The molecular formula is C19H22BrFN+. The minimum atomic E-state index is -0.180. The molecule has 1 nitrogen and oxygen atoms in total. The zero-order valence-corrected chi connectivity index (χ0v) is 14.3. The number of rotatable bonds is 4. The number of hydrogen-bond donors (Lipinski definition) is 1. The molecular weight excluding hydrogens is 341 g/mol. The van der Waals surface area contributed by atoms with Crippen LogP contribution < -0.4 is 4.90 Å². The Labute approximate surface area is 140 Å². The van der Waals surface area contributed by atoms with Crippen molar-refractivity contribution >= 4 is 15.9 Å². The van der Waals surface area contributed by atoms with Gasteiger partial charge in [0.1, 0.15) is 12.4 Å². The molecule has 0 spiro atoms.